The van der Waals surface area contributed by atoms with E-state index in [1.807, 2.05) is 4.72 Å². The summed E-state index contributed by atoms with van der Waals surface area (Å²) in [6.45, 7) is 9.81. The summed E-state index contributed by atoms with van der Waals surface area (Å²) in [5.41, 5.74) is 1.14. The normalized spacial score (nSPS) is 24.7. The van der Waals surface area contributed by atoms with Crippen LogP contribution < -0.4 is 24.4 Å². The number of hydrogen-bond donors (Lipinski definition) is 4. The summed E-state index contributed by atoms with van der Waals surface area (Å²) in [6.07, 6.45) is 5.18. The largest absolute Gasteiger partial charge is 0.489 e. The van der Waals surface area contributed by atoms with E-state index >= 15 is 0 Å². The molecule has 2 aromatic heterocycles. The standard InChI is InChI=1S/C51H58F3N7O8S/c1-30(2)35-7-4-5-8-36(35)37-9-6-10-42(37)60-28-50(29-60)17-19-59(20-18-50)32-11-12-38(44(21-32)69-33-22-39-40(51(52,53)54)26-56-47(39)55-25-33)48(62)58-70(66,67)34-23-43(61(64)65)46-45(24-34)68-27-41(57-46)31-13-15-49(3,63)16-14-31/h4-5,7-8,11-12,21-26,30-31,37,41-42,57,63H,6,9-10,13-20,27-29H2,1-3H3,(H,55,56)(H,58,62)/t31-,37-,41+,42-,49-/m0/s1. The van der Waals surface area contributed by atoms with Gasteiger partial charge in [-0.2, -0.15) is 13.2 Å². The van der Waals surface area contributed by atoms with Crippen LogP contribution in [0.15, 0.2) is 78.0 Å². The number of nitrogens with zero attached hydrogens (tertiary/aromatic N) is 4. The van der Waals surface area contributed by atoms with Crippen LogP contribution >= 0.6 is 0 Å². The lowest BCUT2D eigenvalue weighted by Gasteiger charge is -2.57. The van der Waals surface area contributed by atoms with E-state index in [1.165, 1.54) is 42.7 Å². The second kappa shape index (κ2) is 18.0. The van der Waals surface area contributed by atoms with E-state index in [1.54, 1.807) is 19.1 Å². The summed E-state index contributed by atoms with van der Waals surface area (Å²) < 4.78 is 84.0. The monoisotopic (exact) mass is 985 g/mol. The number of alkyl halides is 3. The Balaban J connectivity index is 0.882. The van der Waals surface area contributed by atoms with Crippen LogP contribution in [-0.4, -0.2) is 89.7 Å². The summed E-state index contributed by atoms with van der Waals surface area (Å²) >= 11 is 0. The van der Waals surface area contributed by atoms with Gasteiger partial charge in [-0.1, -0.05) is 44.5 Å². The first-order chi connectivity index (χ1) is 33.3. The van der Waals surface area contributed by atoms with Crippen molar-refractivity contribution in [3.8, 4) is 17.2 Å². The molecule has 2 saturated carbocycles. The molecule has 3 atom stereocenters. The van der Waals surface area contributed by atoms with Crippen molar-refractivity contribution < 1.29 is 45.9 Å². The number of hydrogen-bond acceptors (Lipinski definition) is 12. The van der Waals surface area contributed by atoms with Crippen LogP contribution in [0.5, 0.6) is 17.2 Å². The van der Waals surface area contributed by atoms with E-state index in [2.05, 4.69) is 63.2 Å². The summed E-state index contributed by atoms with van der Waals surface area (Å²) in [7, 11) is -4.80. The third-order valence-electron chi connectivity index (χ3n) is 15.7. The molecule has 1 amide bonds. The number of carbonyl (C=O) groups excluding carboxylic acids is 1. The van der Waals surface area contributed by atoms with Gasteiger partial charge in [-0.25, -0.2) is 18.1 Å². The summed E-state index contributed by atoms with van der Waals surface area (Å²) in [5, 5.41) is 25.8. The van der Waals surface area contributed by atoms with Gasteiger partial charge in [-0.3, -0.25) is 19.8 Å². The molecule has 5 heterocycles. The third-order valence-corrected chi connectivity index (χ3v) is 17.0. The van der Waals surface area contributed by atoms with E-state index in [9.17, 15) is 41.6 Å². The molecule has 19 heteroatoms. The SMILES string of the molecule is CC(C)c1ccccc1[C@@H]1CCC[C@@H]1N1CC2(CCN(c3ccc(C(=O)NS(=O)(=O)c4cc5c(c([N+](=O)[O-])c4)N[C@@H]([C@H]4CC[C@](C)(O)CC4)CO5)c(Oc4cnc5[nH]cc(C(F)(F)F)c5c4)c3)CC2)C1. The fourth-order valence-electron chi connectivity index (χ4n) is 11.8. The minimum Gasteiger partial charge on any atom is -0.489 e. The zero-order valence-corrected chi connectivity index (χ0v) is 40.2. The number of sulfonamides is 1. The van der Waals surface area contributed by atoms with Crippen LogP contribution in [0, 0.1) is 21.4 Å². The zero-order valence-electron chi connectivity index (χ0n) is 39.4. The van der Waals surface area contributed by atoms with Crippen LogP contribution in [-0.2, 0) is 16.2 Å². The average molecular weight is 986 g/mol. The number of nitro groups is 1. The van der Waals surface area contributed by atoms with E-state index in [0.29, 0.717) is 62.3 Å². The van der Waals surface area contributed by atoms with E-state index in [-0.39, 0.29) is 63.5 Å². The fourth-order valence-corrected chi connectivity index (χ4v) is 12.8. The second-order valence-electron chi connectivity index (χ2n) is 20.7. The second-order valence-corrected chi connectivity index (χ2v) is 22.4. The highest BCUT2D eigenvalue weighted by molar-refractivity contribution is 7.90. The van der Waals surface area contributed by atoms with Gasteiger partial charge in [0.05, 0.1) is 38.8 Å². The molecule has 5 aromatic rings. The molecular weight excluding hydrogens is 928 g/mol. The highest BCUT2D eigenvalue weighted by Gasteiger charge is 2.50. The van der Waals surface area contributed by atoms with Crippen molar-refractivity contribution in [2.24, 2.45) is 11.3 Å². The predicted octanol–water partition coefficient (Wildman–Crippen LogP) is 9.88. The first-order valence-electron chi connectivity index (χ1n) is 24.2. The van der Waals surface area contributed by atoms with Gasteiger partial charge < -0.3 is 29.8 Å². The molecule has 2 saturated heterocycles. The van der Waals surface area contributed by atoms with Crippen molar-refractivity contribution in [2.45, 2.75) is 119 Å². The number of aromatic nitrogens is 2. The highest BCUT2D eigenvalue weighted by atomic mass is 32.2. The van der Waals surface area contributed by atoms with Crippen LogP contribution in [0.4, 0.5) is 30.2 Å². The number of nitro benzene ring substituents is 1. The molecule has 15 nitrogen and oxygen atoms in total. The van der Waals surface area contributed by atoms with Crippen LogP contribution in [0.1, 0.15) is 117 Å². The van der Waals surface area contributed by atoms with Gasteiger partial charge in [-0.15, -0.1) is 0 Å². The lowest BCUT2D eigenvalue weighted by Crippen LogP contribution is -2.63. The Kier molecular flexibility index (Phi) is 12.3. The van der Waals surface area contributed by atoms with Gasteiger partial charge >= 0.3 is 6.18 Å². The number of H-pyrrole nitrogens is 1. The van der Waals surface area contributed by atoms with E-state index in [0.717, 1.165) is 50.3 Å². The first-order valence-corrected chi connectivity index (χ1v) is 25.7. The summed E-state index contributed by atoms with van der Waals surface area (Å²) in [4.78, 5) is 36.7. The van der Waals surface area contributed by atoms with Crippen molar-refractivity contribution in [3.63, 3.8) is 0 Å². The van der Waals surface area contributed by atoms with Crippen molar-refractivity contribution in [1.29, 1.82) is 0 Å². The Hall–Kier alpha value is -5.92. The fraction of sp³-hybridized carbons (Fsp3) is 0.490. The van der Waals surface area contributed by atoms with Gasteiger partial charge in [0.2, 0.25) is 0 Å². The van der Waals surface area contributed by atoms with Crippen molar-refractivity contribution in [3.05, 3.63) is 105 Å². The van der Waals surface area contributed by atoms with E-state index in [4.69, 9.17) is 9.47 Å². The lowest BCUT2D eigenvalue weighted by molar-refractivity contribution is -0.384. The number of aromatic amines is 1. The van der Waals surface area contributed by atoms with Crippen LogP contribution in [0.2, 0.25) is 0 Å². The molecule has 5 aliphatic rings. The molecular formula is C51H58F3N7O8S. The molecule has 372 valence electrons. The number of benzene rings is 3. The molecule has 2 aliphatic carbocycles. The third kappa shape index (κ3) is 9.27. The Labute approximate surface area is 404 Å². The molecule has 4 fully saturated rings. The predicted molar refractivity (Wildman–Crippen MR) is 257 cm³/mol. The minimum atomic E-state index is -4.80. The number of anilines is 2. The number of amides is 1. The quantitative estimate of drug-likeness (QED) is 0.0725. The Morgan fingerprint density at radius 1 is 1.03 bits per heavy atom. The Bertz CT molecular complexity index is 2940. The maximum absolute atomic E-state index is 14.1. The Morgan fingerprint density at radius 3 is 2.49 bits per heavy atom. The van der Waals surface area contributed by atoms with Gasteiger partial charge in [0.15, 0.2) is 11.4 Å². The molecule has 1 spiro atoms. The summed E-state index contributed by atoms with van der Waals surface area (Å²) in [6, 6.07) is 16.8. The Morgan fingerprint density at radius 2 is 1.77 bits per heavy atom. The zero-order chi connectivity index (χ0) is 49.3. The molecule has 0 unspecified atom stereocenters. The van der Waals surface area contributed by atoms with E-state index < -0.39 is 48.8 Å². The number of ether oxygens (including phenoxy) is 2. The number of piperidine rings is 1. The number of likely N-dealkylation sites (tertiary alicyclic amines) is 1. The molecule has 3 aromatic carbocycles. The molecule has 10 rings (SSSR count). The average Bonchev–Trinajstić information content (AvgIpc) is 3.98. The van der Waals surface area contributed by atoms with Crippen LogP contribution in [0.3, 0.4) is 0 Å². The number of fused-ring (bicyclic) bond motifs is 2. The molecule has 4 N–H and O–H groups in total. The van der Waals surface area contributed by atoms with Crippen LogP contribution in [0.25, 0.3) is 11.0 Å². The van der Waals surface area contributed by atoms with Gasteiger partial charge in [0.1, 0.15) is 23.8 Å². The number of carbonyl (C=O) groups is 1. The molecule has 70 heavy (non-hydrogen) atoms. The van der Waals surface area contributed by atoms with Gasteiger partial charge in [-0.05, 0) is 111 Å². The highest BCUT2D eigenvalue weighted by Crippen LogP contribution is 2.50. The summed E-state index contributed by atoms with van der Waals surface area (Å²) in [5.74, 6) is -0.472. The van der Waals surface area contributed by atoms with Crippen molar-refractivity contribution in [2.75, 3.05) is 43.0 Å². The van der Waals surface area contributed by atoms with Crippen molar-refractivity contribution in [1.82, 2.24) is 19.6 Å². The topological polar surface area (TPSA) is 192 Å². The van der Waals surface area contributed by atoms with Gasteiger partial charge in [0.25, 0.3) is 21.6 Å². The minimum absolute atomic E-state index is 0.0146. The molecule has 0 bridgehead atoms. The smallest absolute Gasteiger partial charge is 0.418 e. The molecule has 0 radical (unpaired) electrons. The molecule has 3 aliphatic heterocycles. The number of halogens is 3. The maximum atomic E-state index is 14.1. The number of aliphatic hydroxyl groups is 1. The first kappa shape index (κ1) is 47.7. The number of nitrogens with one attached hydrogen (secondary N) is 3. The maximum Gasteiger partial charge on any atom is 0.418 e. The van der Waals surface area contributed by atoms with Gasteiger partial charge in [0, 0.05) is 67.7 Å². The number of rotatable bonds is 11. The lowest BCUT2D eigenvalue weighted by atomic mass is 9.70. The van der Waals surface area contributed by atoms with Crippen molar-refractivity contribution >= 4 is 44.0 Å². The number of pyridine rings is 1.